The average Bonchev–Trinajstić information content (AvgIpc) is 3.28. The monoisotopic (exact) mass is 406 g/mol. The Labute approximate surface area is 179 Å². The van der Waals surface area contributed by atoms with E-state index in [2.05, 4.69) is 33.0 Å². The van der Waals surface area contributed by atoms with Crippen LogP contribution in [0.5, 0.6) is 11.5 Å². The van der Waals surface area contributed by atoms with E-state index in [-0.39, 0.29) is 0 Å². The van der Waals surface area contributed by atoms with E-state index in [1.165, 1.54) is 37.1 Å². The number of aryl methyl sites for hydroxylation is 1. The number of nitrogens with zero attached hydrogens (tertiary/aromatic N) is 4. The van der Waals surface area contributed by atoms with Crippen molar-refractivity contribution >= 4 is 0 Å². The Morgan fingerprint density at radius 2 is 1.97 bits per heavy atom. The van der Waals surface area contributed by atoms with Crippen molar-refractivity contribution in [3.8, 4) is 17.6 Å². The molecule has 0 unspecified atom stereocenters. The first-order chi connectivity index (χ1) is 14.7. The summed E-state index contributed by atoms with van der Waals surface area (Å²) in [7, 11) is 1.70. The second-order valence-electron chi connectivity index (χ2n) is 8.18. The van der Waals surface area contributed by atoms with Gasteiger partial charge in [0.15, 0.2) is 11.5 Å². The molecule has 0 atom stereocenters. The molecule has 30 heavy (non-hydrogen) atoms. The molecule has 1 aromatic carbocycles. The van der Waals surface area contributed by atoms with Crippen LogP contribution in [-0.4, -0.2) is 54.7 Å². The summed E-state index contributed by atoms with van der Waals surface area (Å²) in [5.74, 6) is 1.60. The van der Waals surface area contributed by atoms with Gasteiger partial charge < -0.3 is 9.47 Å². The van der Waals surface area contributed by atoms with Gasteiger partial charge >= 0.3 is 0 Å². The first-order valence-corrected chi connectivity index (χ1v) is 10.8. The average molecular weight is 407 g/mol. The molecule has 0 saturated carbocycles. The highest BCUT2D eigenvalue weighted by Crippen LogP contribution is 2.30. The fourth-order valence-corrected chi connectivity index (χ4v) is 4.47. The molecule has 0 N–H and O–H groups in total. The van der Waals surface area contributed by atoms with Crippen molar-refractivity contribution in [1.82, 2.24) is 14.8 Å². The number of pyridine rings is 1. The van der Waals surface area contributed by atoms with Gasteiger partial charge in [0.05, 0.1) is 18.4 Å². The number of likely N-dealkylation sites (tertiary alicyclic amines) is 1. The highest BCUT2D eigenvalue weighted by molar-refractivity contribution is 5.46. The third-order valence-electron chi connectivity index (χ3n) is 6.15. The normalized spacial score (nSPS) is 16.8. The molecule has 6 nitrogen and oxygen atoms in total. The van der Waals surface area contributed by atoms with Crippen LogP contribution in [-0.2, 0) is 19.5 Å². The summed E-state index contributed by atoms with van der Waals surface area (Å²) in [6, 6.07) is 8.55. The standard InChI is InChI=1S/C24H30N4O2/c1-18-22(14-25)21-7-10-28(17-20(21)15-26-18)16-19-5-6-23(24(13-19)29-2)30-12-11-27-8-3-4-9-27/h5-6,13,15H,3-4,7-12,16-17H2,1-2H3. The van der Waals surface area contributed by atoms with Crippen LogP contribution in [0.3, 0.4) is 0 Å². The Morgan fingerprint density at radius 1 is 1.13 bits per heavy atom. The molecule has 0 bridgehead atoms. The van der Waals surface area contributed by atoms with Gasteiger partial charge in [0, 0.05) is 32.4 Å². The zero-order chi connectivity index (χ0) is 20.9. The fourth-order valence-electron chi connectivity index (χ4n) is 4.47. The zero-order valence-corrected chi connectivity index (χ0v) is 18.0. The van der Waals surface area contributed by atoms with Crippen LogP contribution in [0.2, 0.25) is 0 Å². The van der Waals surface area contributed by atoms with E-state index < -0.39 is 0 Å². The van der Waals surface area contributed by atoms with E-state index in [0.29, 0.717) is 6.61 Å². The van der Waals surface area contributed by atoms with Crippen molar-refractivity contribution in [2.45, 2.75) is 39.3 Å². The van der Waals surface area contributed by atoms with Crippen molar-refractivity contribution < 1.29 is 9.47 Å². The SMILES string of the molecule is COc1cc(CN2CCc3c(cnc(C)c3C#N)C2)ccc1OCCN1CCCC1. The van der Waals surface area contributed by atoms with Crippen LogP contribution in [0.25, 0.3) is 0 Å². The number of methoxy groups -OCH3 is 1. The fraction of sp³-hybridized carbons (Fsp3) is 0.500. The van der Waals surface area contributed by atoms with Gasteiger partial charge in [0.25, 0.3) is 0 Å². The molecule has 0 aliphatic carbocycles. The van der Waals surface area contributed by atoms with Crippen molar-refractivity contribution in [3.63, 3.8) is 0 Å². The molecule has 0 spiro atoms. The van der Waals surface area contributed by atoms with Crippen LogP contribution < -0.4 is 9.47 Å². The highest BCUT2D eigenvalue weighted by atomic mass is 16.5. The van der Waals surface area contributed by atoms with Gasteiger partial charge in [0.1, 0.15) is 12.7 Å². The number of benzene rings is 1. The molecule has 158 valence electrons. The van der Waals surface area contributed by atoms with Crippen molar-refractivity contribution in [1.29, 1.82) is 5.26 Å². The lowest BCUT2D eigenvalue weighted by molar-refractivity contribution is 0.229. The van der Waals surface area contributed by atoms with Gasteiger partial charge in [-0.3, -0.25) is 14.8 Å². The molecule has 0 amide bonds. The summed E-state index contributed by atoms with van der Waals surface area (Å²) in [4.78, 5) is 9.25. The topological polar surface area (TPSA) is 61.6 Å². The number of rotatable bonds is 7. The minimum absolute atomic E-state index is 0.687. The Bertz CT molecular complexity index is 932. The molecule has 2 aromatic rings. The second-order valence-corrected chi connectivity index (χ2v) is 8.18. The Balaban J connectivity index is 1.38. The van der Waals surface area contributed by atoms with Crippen molar-refractivity contribution in [3.05, 3.63) is 52.3 Å². The molecule has 2 aliphatic heterocycles. The van der Waals surface area contributed by atoms with Crippen LogP contribution in [0, 0.1) is 18.3 Å². The number of fused-ring (bicyclic) bond motifs is 1. The molecule has 3 heterocycles. The first-order valence-electron chi connectivity index (χ1n) is 10.8. The van der Waals surface area contributed by atoms with E-state index in [1.54, 1.807) is 7.11 Å². The zero-order valence-electron chi connectivity index (χ0n) is 18.0. The number of nitriles is 1. The Hall–Kier alpha value is -2.62. The summed E-state index contributed by atoms with van der Waals surface area (Å²) >= 11 is 0. The van der Waals surface area contributed by atoms with Gasteiger partial charge in [-0.15, -0.1) is 0 Å². The summed E-state index contributed by atoms with van der Waals surface area (Å²) < 4.78 is 11.6. The quantitative estimate of drug-likeness (QED) is 0.703. The van der Waals surface area contributed by atoms with Crippen LogP contribution >= 0.6 is 0 Å². The Kier molecular flexibility index (Phi) is 6.51. The van der Waals surface area contributed by atoms with Crippen LogP contribution in [0.4, 0.5) is 0 Å². The summed E-state index contributed by atoms with van der Waals surface area (Å²) in [6.45, 7) is 8.51. The van der Waals surface area contributed by atoms with Crippen LogP contribution in [0.1, 0.15) is 40.8 Å². The maximum atomic E-state index is 9.45. The predicted octanol–water partition coefficient (Wildman–Crippen LogP) is 3.30. The van der Waals surface area contributed by atoms with Gasteiger partial charge in [-0.25, -0.2) is 0 Å². The largest absolute Gasteiger partial charge is 0.493 e. The molecular formula is C24H30N4O2. The molecule has 1 saturated heterocycles. The van der Waals surface area contributed by atoms with Gasteiger partial charge in [-0.1, -0.05) is 6.07 Å². The third-order valence-corrected chi connectivity index (χ3v) is 6.15. The second kappa shape index (κ2) is 9.46. The van der Waals surface area contributed by atoms with E-state index in [9.17, 15) is 5.26 Å². The third kappa shape index (κ3) is 4.58. The minimum Gasteiger partial charge on any atom is -0.493 e. The maximum Gasteiger partial charge on any atom is 0.161 e. The predicted molar refractivity (Wildman–Crippen MR) is 116 cm³/mol. The lowest BCUT2D eigenvalue weighted by Gasteiger charge is -2.29. The molecule has 1 fully saturated rings. The van der Waals surface area contributed by atoms with Gasteiger partial charge in [0.2, 0.25) is 0 Å². The van der Waals surface area contributed by atoms with Crippen molar-refractivity contribution in [2.24, 2.45) is 0 Å². The molecule has 1 aromatic heterocycles. The lowest BCUT2D eigenvalue weighted by atomic mass is 9.95. The smallest absolute Gasteiger partial charge is 0.161 e. The molecule has 2 aliphatic rings. The molecule has 0 radical (unpaired) electrons. The minimum atomic E-state index is 0.687. The number of hydrogen-bond donors (Lipinski definition) is 0. The lowest BCUT2D eigenvalue weighted by Crippen LogP contribution is -2.31. The molecule has 6 heteroatoms. The number of aromatic nitrogens is 1. The van der Waals surface area contributed by atoms with Gasteiger partial charge in [-0.2, -0.15) is 5.26 Å². The summed E-state index contributed by atoms with van der Waals surface area (Å²) in [6.07, 6.45) is 5.41. The number of ether oxygens (including phenoxy) is 2. The van der Waals surface area contributed by atoms with Gasteiger partial charge in [-0.05, 0) is 68.1 Å². The number of hydrogen-bond acceptors (Lipinski definition) is 6. The van der Waals surface area contributed by atoms with E-state index in [1.807, 2.05) is 19.2 Å². The van der Waals surface area contributed by atoms with E-state index >= 15 is 0 Å². The van der Waals surface area contributed by atoms with E-state index in [0.717, 1.165) is 60.9 Å². The van der Waals surface area contributed by atoms with Crippen molar-refractivity contribution in [2.75, 3.05) is 39.9 Å². The maximum absolute atomic E-state index is 9.45. The first kappa shape index (κ1) is 20.6. The Morgan fingerprint density at radius 3 is 2.73 bits per heavy atom. The summed E-state index contributed by atoms with van der Waals surface area (Å²) in [5.41, 5.74) is 5.11. The molecular weight excluding hydrogens is 376 g/mol. The molecule has 4 rings (SSSR count). The van der Waals surface area contributed by atoms with E-state index in [4.69, 9.17) is 9.47 Å². The highest BCUT2D eigenvalue weighted by Gasteiger charge is 2.21. The van der Waals surface area contributed by atoms with Crippen LogP contribution in [0.15, 0.2) is 24.4 Å². The summed E-state index contributed by atoms with van der Waals surface area (Å²) in [5, 5.41) is 9.45.